The fourth-order valence-electron chi connectivity index (χ4n) is 1.73. The number of hydrogen-bond donors (Lipinski definition) is 1. The highest BCUT2D eigenvalue weighted by Crippen LogP contribution is 1.97. The number of nitrogens with one attached hydrogen (secondary N) is 1. The lowest BCUT2D eigenvalue weighted by atomic mass is 10.3. The molecular weight excluding hydrogens is 238 g/mol. The molecule has 0 aromatic carbocycles. The molecule has 0 aliphatic carbocycles. The van der Waals surface area contributed by atoms with Crippen LogP contribution in [-0.2, 0) is 13.1 Å². The van der Waals surface area contributed by atoms with Gasteiger partial charge in [-0.05, 0) is 26.4 Å². The van der Waals surface area contributed by atoms with Crippen molar-refractivity contribution in [1.29, 1.82) is 0 Å². The molecule has 0 aliphatic rings. The van der Waals surface area contributed by atoms with Crippen LogP contribution in [0.5, 0.6) is 0 Å². The number of unbranched alkanes of at least 4 members (excludes halogenated alkanes) is 1. The van der Waals surface area contributed by atoms with E-state index in [1.165, 1.54) is 6.42 Å². The van der Waals surface area contributed by atoms with E-state index in [1.54, 1.807) is 0 Å². The van der Waals surface area contributed by atoms with Crippen LogP contribution < -0.4 is 5.32 Å². The van der Waals surface area contributed by atoms with Crippen LogP contribution in [0.4, 0.5) is 0 Å². The second-order valence-corrected chi connectivity index (χ2v) is 5.24. The number of rotatable bonds is 10. The molecule has 5 nitrogen and oxygen atoms in total. The predicted octanol–water partition coefficient (Wildman–Crippen LogP) is 1.67. The van der Waals surface area contributed by atoms with Gasteiger partial charge in [0, 0.05) is 25.3 Å². The third-order valence-electron chi connectivity index (χ3n) is 2.94. The Balaban J connectivity index is 2.23. The summed E-state index contributed by atoms with van der Waals surface area (Å²) >= 11 is 0. The first-order valence-corrected chi connectivity index (χ1v) is 7.03. The maximum absolute atomic E-state index is 4.16. The Morgan fingerprint density at radius 1 is 1.47 bits per heavy atom. The van der Waals surface area contributed by atoms with Crippen LogP contribution in [0.15, 0.2) is 18.9 Å². The zero-order chi connectivity index (χ0) is 14.1. The summed E-state index contributed by atoms with van der Waals surface area (Å²) in [6, 6.07) is 0.473. The van der Waals surface area contributed by atoms with Crippen LogP contribution in [0.25, 0.3) is 0 Å². The van der Waals surface area contributed by atoms with Gasteiger partial charge >= 0.3 is 0 Å². The third kappa shape index (κ3) is 7.08. The quantitative estimate of drug-likeness (QED) is 0.516. The van der Waals surface area contributed by atoms with E-state index in [2.05, 4.69) is 48.0 Å². The monoisotopic (exact) mass is 265 g/mol. The van der Waals surface area contributed by atoms with Gasteiger partial charge in [0.1, 0.15) is 0 Å². The van der Waals surface area contributed by atoms with Gasteiger partial charge in [-0.15, -0.1) is 11.7 Å². The molecule has 0 fully saturated rings. The molecule has 1 aromatic heterocycles. The molecule has 0 aliphatic heterocycles. The Labute approximate surface area is 116 Å². The van der Waals surface area contributed by atoms with E-state index in [-0.39, 0.29) is 0 Å². The van der Waals surface area contributed by atoms with Crippen molar-refractivity contribution in [3.63, 3.8) is 0 Å². The van der Waals surface area contributed by atoms with Gasteiger partial charge in [-0.2, -0.15) is 0 Å². The van der Waals surface area contributed by atoms with Crippen molar-refractivity contribution in [3.05, 3.63) is 24.5 Å². The van der Waals surface area contributed by atoms with E-state index in [0.29, 0.717) is 6.04 Å². The average molecular weight is 265 g/mol. The first-order chi connectivity index (χ1) is 9.11. The summed E-state index contributed by atoms with van der Waals surface area (Å²) in [4.78, 5) is 2.32. The first kappa shape index (κ1) is 15.9. The molecule has 0 bridgehead atoms. The molecule has 19 heavy (non-hydrogen) atoms. The molecule has 0 radical (unpaired) electrons. The minimum Gasteiger partial charge on any atom is -0.309 e. The van der Waals surface area contributed by atoms with Gasteiger partial charge in [-0.3, -0.25) is 4.68 Å². The van der Waals surface area contributed by atoms with Gasteiger partial charge in [0.2, 0.25) is 0 Å². The summed E-state index contributed by atoms with van der Waals surface area (Å²) in [6.45, 7) is 11.8. The van der Waals surface area contributed by atoms with E-state index in [0.717, 1.165) is 38.3 Å². The minimum absolute atomic E-state index is 0.473. The highest BCUT2D eigenvalue weighted by Gasteiger charge is 2.03. The average Bonchev–Trinajstić information content (AvgIpc) is 2.82. The molecule has 0 saturated carbocycles. The standard InChI is InChI=1S/C14H27N5/c1-5-6-7-8-18(4)9-10-19-12-14(16-17-19)11-15-13(2)3/h5,12-13,15H,1,6-11H2,2-4H3. The molecule has 1 N–H and O–H groups in total. The number of allylic oxidation sites excluding steroid dienone is 1. The Morgan fingerprint density at radius 2 is 2.26 bits per heavy atom. The van der Waals surface area contributed by atoms with Gasteiger partial charge in [0.05, 0.1) is 12.2 Å². The van der Waals surface area contributed by atoms with Crippen molar-refractivity contribution in [1.82, 2.24) is 25.2 Å². The molecule has 0 amide bonds. The highest BCUT2D eigenvalue weighted by atomic mass is 15.4. The van der Waals surface area contributed by atoms with E-state index in [1.807, 2.05) is 17.0 Å². The number of likely N-dealkylation sites (N-methyl/N-ethyl adjacent to an activating group) is 1. The molecule has 0 saturated heterocycles. The van der Waals surface area contributed by atoms with Crippen molar-refractivity contribution in [3.8, 4) is 0 Å². The first-order valence-electron chi connectivity index (χ1n) is 7.03. The topological polar surface area (TPSA) is 46.0 Å². The maximum Gasteiger partial charge on any atom is 0.0964 e. The summed E-state index contributed by atoms with van der Waals surface area (Å²) in [5, 5.41) is 11.6. The molecule has 0 atom stereocenters. The minimum atomic E-state index is 0.473. The largest absolute Gasteiger partial charge is 0.309 e. The smallest absolute Gasteiger partial charge is 0.0964 e. The molecule has 0 spiro atoms. The second kappa shape index (κ2) is 8.82. The predicted molar refractivity (Wildman–Crippen MR) is 78.9 cm³/mol. The van der Waals surface area contributed by atoms with Gasteiger partial charge in [-0.25, -0.2) is 0 Å². The SMILES string of the molecule is C=CCCCN(C)CCn1cc(CNC(C)C)nn1. The van der Waals surface area contributed by atoms with Crippen LogP contribution in [-0.4, -0.2) is 46.1 Å². The van der Waals surface area contributed by atoms with Crippen LogP contribution in [0, 0.1) is 0 Å². The molecule has 0 unspecified atom stereocenters. The fraction of sp³-hybridized carbons (Fsp3) is 0.714. The lowest BCUT2D eigenvalue weighted by Gasteiger charge is -2.15. The van der Waals surface area contributed by atoms with E-state index >= 15 is 0 Å². The van der Waals surface area contributed by atoms with Gasteiger partial charge in [0.15, 0.2) is 0 Å². The van der Waals surface area contributed by atoms with E-state index < -0.39 is 0 Å². The number of nitrogens with zero attached hydrogens (tertiary/aromatic N) is 4. The Hall–Kier alpha value is -1.20. The zero-order valence-corrected chi connectivity index (χ0v) is 12.5. The molecular formula is C14H27N5. The van der Waals surface area contributed by atoms with E-state index in [9.17, 15) is 0 Å². The van der Waals surface area contributed by atoms with Gasteiger partial charge in [-0.1, -0.05) is 25.1 Å². The zero-order valence-electron chi connectivity index (χ0n) is 12.5. The third-order valence-corrected chi connectivity index (χ3v) is 2.94. The van der Waals surface area contributed by atoms with Crippen molar-refractivity contribution < 1.29 is 0 Å². The molecule has 108 valence electrons. The van der Waals surface area contributed by atoms with Crippen LogP contribution in [0.1, 0.15) is 32.4 Å². The Morgan fingerprint density at radius 3 is 2.95 bits per heavy atom. The number of hydrogen-bond acceptors (Lipinski definition) is 4. The summed E-state index contributed by atoms with van der Waals surface area (Å²) in [6.07, 6.45) is 6.24. The summed E-state index contributed by atoms with van der Waals surface area (Å²) in [7, 11) is 2.14. The molecule has 5 heteroatoms. The summed E-state index contributed by atoms with van der Waals surface area (Å²) in [5.41, 5.74) is 1.00. The lowest BCUT2D eigenvalue weighted by Crippen LogP contribution is -2.24. The van der Waals surface area contributed by atoms with Gasteiger partial charge in [0.25, 0.3) is 0 Å². The summed E-state index contributed by atoms with van der Waals surface area (Å²) in [5.74, 6) is 0. The van der Waals surface area contributed by atoms with Crippen LogP contribution in [0.3, 0.4) is 0 Å². The Kier molecular flexibility index (Phi) is 7.36. The van der Waals surface area contributed by atoms with Crippen molar-refractivity contribution in [2.45, 2.75) is 45.8 Å². The van der Waals surface area contributed by atoms with Crippen molar-refractivity contribution in [2.75, 3.05) is 20.1 Å². The normalized spacial score (nSPS) is 11.4. The number of aromatic nitrogens is 3. The van der Waals surface area contributed by atoms with E-state index in [4.69, 9.17) is 0 Å². The van der Waals surface area contributed by atoms with Crippen molar-refractivity contribution >= 4 is 0 Å². The second-order valence-electron chi connectivity index (χ2n) is 5.24. The summed E-state index contributed by atoms with van der Waals surface area (Å²) < 4.78 is 1.92. The molecule has 1 heterocycles. The lowest BCUT2D eigenvalue weighted by molar-refractivity contribution is 0.308. The van der Waals surface area contributed by atoms with Crippen molar-refractivity contribution in [2.24, 2.45) is 0 Å². The Bertz CT molecular complexity index is 358. The van der Waals surface area contributed by atoms with Crippen LogP contribution in [0.2, 0.25) is 0 Å². The highest BCUT2D eigenvalue weighted by molar-refractivity contribution is 4.91. The van der Waals surface area contributed by atoms with Crippen LogP contribution >= 0.6 is 0 Å². The fourth-order valence-corrected chi connectivity index (χ4v) is 1.73. The molecule has 1 rings (SSSR count). The maximum atomic E-state index is 4.16. The molecule has 1 aromatic rings. The van der Waals surface area contributed by atoms with Gasteiger partial charge < -0.3 is 10.2 Å².